The van der Waals surface area contributed by atoms with Crippen molar-refractivity contribution in [2.45, 2.75) is 12.1 Å². The van der Waals surface area contributed by atoms with Crippen LogP contribution in [0.5, 0.6) is 5.75 Å². The molecule has 2 N–H and O–H groups in total. The standard InChI is InChI=1S/C18H20N2O5/c21-17-11-23-12-18(22)20-14-6-2-4-8-16(14)25-10-9-24-15-7-3-1-5-13(15)19-17/h1-8,13,15H,9-12H2,(H,19,21)(H,20,22). The van der Waals surface area contributed by atoms with Crippen molar-refractivity contribution in [2.24, 2.45) is 0 Å². The maximum atomic E-state index is 12.0. The predicted octanol–water partition coefficient (Wildman–Crippen LogP) is 1.03. The van der Waals surface area contributed by atoms with Crippen LogP contribution in [0.1, 0.15) is 0 Å². The Balaban J connectivity index is 1.71. The molecule has 2 aliphatic rings. The molecule has 2 atom stereocenters. The summed E-state index contributed by atoms with van der Waals surface area (Å²) in [5, 5.41) is 5.53. The van der Waals surface area contributed by atoms with Crippen LogP contribution in [-0.2, 0) is 19.1 Å². The van der Waals surface area contributed by atoms with Crippen LogP contribution in [0.25, 0.3) is 0 Å². The molecular weight excluding hydrogens is 324 g/mol. The minimum absolute atomic E-state index is 0.202. The van der Waals surface area contributed by atoms with Crippen LogP contribution >= 0.6 is 0 Å². The van der Waals surface area contributed by atoms with Crippen LogP contribution in [-0.4, -0.2) is 50.4 Å². The van der Waals surface area contributed by atoms with Crippen LogP contribution in [0.15, 0.2) is 48.6 Å². The van der Waals surface area contributed by atoms with Gasteiger partial charge < -0.3 is 24.8 Å². The summed E-state index contributed by atoms with van der Waals surface area (Å²) >= 11 is 0. The molecule has 0 saturated heterocycles. The number of hydrogen-bond donors (Lipinski definition) is 2. The number of amides is 2. The maximum absolute atomic E-state index is 12.0. The number of allylic oxidation sites excluding steroid dienone is 2. The third-order valence-electron chi connectivity index (χ3n) is 3.69. The predicted molar refractivity (Wildman–Crippen MR) is 91.3 cm³/mol. The topological polar surface area (TPSA) is 85.9 Å². The Bertz CT molecular complexity index is 686. The molecule has 3 rings (SSSR count). The zero-order valence-corrected chi connectivity index (χ0v) is 13.6. The number of carbonyl (C=O) groups is 2. The van der Waals surface area contributed by atoms with E-state index in [0.717, 1.165) is 0 Å². The van der Waals surface area contributed by atoms with Gasteiger partial charge in [0.2, 0.25) is 11.8 Å². The number of rotatable bonds is 0. The number of fused-ring (bicyclic) bond motifs is 2. The number of benzene rings is 1. The van der Waals surface area contributed by atoms with E-state index in [4.69, 9.17) is 14.2 Å². The highest BCUT2D eigenvalue weighted by Gasteiger charge is 2.21. The van der Waals surface area contributed by atoms with Gasteiger partial charge in [-0.2, -0.15) is 0 Å². The Morgan fingerprint density at radius 3 is 2.68 bits per heavy atom. The number of anilines is 1. The zero-order valence-electron chi connectivity index (χ0n) is 13.6. The summed E-state index contributed by atoms with van der Waals surface area (Å²) < 4.78 is 16.7. The summed E-state index contributed by atoms with van der Waals surface area (Å²) in [5.74, 6) is -0.106. The molecule has 1 aromatic rings. The molecule has 1 aromatic carbocycles. The molecular formula is C18H20N2O5. The van der Waals surface area contributed by atoms with E-state index in [-0.39, 0.29) is 37.2 Å². The summed E-state index contributed by atoms with van der Waals surface area (Å²) in [7, 11) is 0. The maximum Gasteiger partial charge on any atom is 0.250 e. The average molecular weight is 344 g/mol. The van der Waals surface area contributed by atoms with Gasteiger partial charge in [0.1, 0.15) is 25.6 Å². The SMILES string of the molecule is O=C1COCC(=O)NC2C=CC=CC2OCCOc2ccccc2N1. The van der Waals surface area contributed by atoms with E-state index in [1.165, 1.54) is 0 Å². The fourth-order valence-corrected chi connectivity index (χ4v) is 2.56. The first kappa shape index (κ1) is 17.2. The van der Waals surface area contributed by atoms with E-state index >= 15 is 0 Å². The van der Waals surface area contributed by atoms with Crippen molar-refractivity contribution in [3.8, 4) is 5.75 Å². The normalized spacial score (nSPS) is 24.6. The summed E-state index contributed by atoms with van der Waals surface area (Å²) in [6.07, 6.45) is 7.17. The second-order valence-corrected chi connectivity index (χ2v) is 5.58. The van der Waals surface area contributed by atoms with Crippen LogP contribution in [0.3, 0.4) is 0 Å². The molecule has 2 amide bonds. The van der Waals surface area contributed by atoms with E-state index in [0.29, 0.717) is 24.7 Å². The van der Waals surface area contributed by atoms with Gasteiger partial charge in [-0.05, 0) is 12.1 Å². The monoisotopic (exact) mass is 344 g/mol. The van der Waals surface area contributed by atoms with E-state index in [9.17, 15) is 9.59 Å². The van der Waals surface area contributed by atoms with Crippen molar-refractivity contribution < 1.29 is 23.8 Å². The van der Waals surface area contributed by atoms with Gasteiger partial charge >= 0.3 is 0 Å². The largest absolute Gasteiger partial charge is 0.489 e. The van der Waals surface area contributed by atoms with E-state index in [1.54, 1.807) is 18.2 Å². The summed E-state index contributed by atoms with van der Waals surface area (Å²) in [6.45, 7) is 0.237. The van der Waals surface area contributed by atoms with Crippen molar-refractivity contribution in [2.75, 3.05) is 31.7 Å². The molecule has 0 fully saturated rings. The number of para-hydroxylation sites is 2. The zero-order chi connectivity index (χ0) is 17.5. The van der Waals surface area contributed by atoms with E-state index in [2.05, 4.69) is 10.6 Å². The highest BCUT2D eigenvalue weighted by Crippen LogP contribution is 2.23. The van der Waals surface area contributed by atoms with Crippen LogP contribution < -0.4 is 15.4 Å². The second kappa shape index (κ2) is 8.46. The molecule has 132 valence electrons. The molecule has 1 aliphatic carbocycles. The number of carbonyl (C=O) groups excluding carboxylic acids is 2. The Morgan fingerprint density at radius 2 is 1.76 bits per heavy atom. The lowest BCUT2D eigenvalue weighted by Gasteiger charge is -2.25. The lowest BCUT2D eigenvalue weighted by Crippen LogP contribution is -2.45. The summed E-state index contributed by atoms with van der Waals surface area (Å²) in [4.78, 5) is 23.9. The van der Waals surface area contributed by atoms with Gasteiger partial charge in [0.25, 0.3) is 0 Å². The summed E-state index contributed by atoms with van der Waals surface area (Å²) in [6, 6.07) is 6.84. The van der Waals surface area contributed by atoms with Gasteiger partial charge in [-0.1, -0.05) is 36.4 Å². The van der Waals surface area contributed by atoms with Gasteiger partial charge in [-0.3, -0.25) is 9.59 Å². The lowest BCUT2D eigenvalue weighted by atomic mass is 10.1. The number of nitrogens with one attached hydrogen (secondary N) is 2. The molecule has 1 heterocycles. The van der Waals surface area contributed by atoms with Crippen molar-refractivity contribution in [1.29, 1.82) is 0 Å². The van der Waals surface area contributed by atoms with Gasteiger partial charge in [0, 0.05) is 0 Å². The van der Waals surface area contributed by atoms with Crippen LogP contribution in [0.4, 0.5) is 5.69 Å². The first-order chi connectivity index (χ1) is 12.2. The molecule has 7 nitrogen and oxygen atoms in total. The minimum atomic E-state index is -0.353. The molecule has 0 spiro atoms. The lowest BCUT2D eigenvalue weighted by molar-refractivity contribution is -0.129. The third kappa shape index (κ3) is 4.91. The Kier molecular flexibility index (Phi) is 5.81. The van der Waals surface area contributed by atoms with Gasteiger partial charge in [0.15, 0.2) is 0 Å². The van der Waals surface area contributed by atoms with Crippen molar-refractivity contribution in [3.63, 3.8) is 0 Å². The number of ether oxygens (including phenoxy) is 3. The Labute approximate surface area is 145 Å². The molecule has 0 radical (unpaired) electrons. The second-order valence-electron chi connectivity index (χ2n) is 5.58. The fourth-order valence-electron chi connectivity index (χ4n) is 2.56. The summed E-state index contributed by atoms with van der Waals surface area (Å²) in [5.41, 5.74) is 0.550. The van der Waals surface area contributed by atoms with Gasteiger partial charge in [0.05, 0.1) is 24.4 Å². The average Bonchev–Trinajstić information content (AvgIpc) is 2.61. The smallest absolute Gasteiger partial charge is 0.250 e. The van der Waals surface area contributed by atoms with Crippen LogP contribution in [0.2, 0.25) is 0 Å². The quantitative estimate of drug-likeness (QED) is 0.734. The molecule has 25 heavy (non-hydrogen) atoms. The highest BCUT2D eigenvalue weighted by molar-refractivity contribution is 5.93. The first-order valence-corrected chi connectivity index (χ1v) is 8.08. The van der Waals surface area contributed by atoms with Crippen molar-refractivity contribution in [3.05, 3.63) is 48.6 Å². The van der Waals surface area contributed by atoms with E-state index < -0.39 is 0 Å². The fraction of sp³-hybridized carbons (Fsp3) is 0.333. The van der Waals surface area contributed by atoms with Gasteiger partial charge in [-0.15, -0.1) is 0 Å². The van der Waals surface area contributed by atoms with Crippen molar-refractivity contribution >= 4 is 17.5 Å². The Hall–Kier alpha value is -2.64. The third-order valence-corrected chi connectivity index (χ3v) is 3.69. The molecule has 0 bridgehead atoms. The van der Waals surface area contributed by atoms with Gasteiger partial charge in [-0.25, -0.2) is 0 Å². The Morgan fingerprint density at radius 1 is 0.960 bits per heavy atom. The molecule has 1 aliphatic heterocycles. The first-order valence-electron chi connectivity index (χ1n) is 8.08. The highest BCUT2D eigenvalue weighted by atomic mass is 16.5. The molecule has 2 unspecified atom stereocenters. The molecule has 7 heteroatoms. The molecule has 0 aromatic heterocycles. The van der Waals surface area contributed by atoms with E-state index in [1.807, 2.05) is 30.4 Å². The molecule has 0 saturated carbocycles. The van der Waals surface area contributed by atoms with Crippen LogP contribution in [0, 0.1) is 0 Å². The number of hydrogen-bond acceptors (Lipinski definition) is 5. The minimum Gasteiger partial charge on any atom is -0.489 e. The van der Waals surface area contributed by atoms with Crippen molar-refractivity contribution in [1.82, 2.24) is 5.32 Å².